The van der Waals surface area contributed by atoms with Crippen LogP contribution in [0, 0.1) is 0 Å². The average molecular weight is 315 g/mol. The van der Waals surface area contributed by atoms with Crippen LogP contribution < -0.4 is 10.6 Å². The molecule has 5 nitrogen and oxygen atoms in total. The van der Waals surface area contributed by atoms with Crippen LogP contribution in [0.1, 0.15) is 36.0 Å². The molecule has 0 radical (unpaired) electrons. The van der Waals surface area contributed by atoms with Gasteiger partial charge in [0.05, 0.1) is 6.54 Å². The Hall–Kier alpha value is -2.14. The fourth-order valence-corrected chi connectivity index (χ4v) is 2.65. The number of hydrogen-bond donors (Lipinski definition) is 2. The molecule has 1 heterocycles. The zero-order valence-electron chi connectivity index (χ0n) is 13.5. The molecule has 2 N–H and O–H groups in total. The van der Waals surface area contributed by atoms with Gasteiger partial charge in [-0.15, -0.1) is 6.58 Å². The van der Waals surface area contributed by atoms with Gasteiger partial charge in [0.15, 0.2) is 0 Å². The van der Waals surface area contributed by atoms with Crippen LogP contribution in [0.2, 0.25) is 0 Å². The Balaban J connectivity index is 1.89. The Labute approximate surface area is 137 Å². The minimum atomic E-state index is -0.113. The summed E-state index contributed by atoms with van der Waals surface area (Å²) in [5.41, 5.74) is 1.37. The van der Waals surface area contributed by atoms with Crippen molar-refractivity contribution in [3.8, 4) is 0 Å². The lowest BCUT2D eigenvalue weighted by molar-refractivity contribution is -0.115. The molecule has 0 bridgehead atoms. The maximum absolute atomic E-state index is 12.5. The lowest BCUT2D eigenvalue weighted by atomic mass is 10.1. The normalized spacial score (nSPS) is 14.9. The van der Waals surface area contributed by atoms with E-state index in [1.807, 2.05) is 4.90 Å². The molecule has 1 aliphatic rings. The minimum Gasteiger partial charge on any atom is -0.339 e. The lowest BCUT2D eigenvalue weighted by Gasteiger charge is -2.20. The van der Waals surface area contributed by atoms with Gasteiger partial charge in [-0.1, -0.05) is 18.9 Å². The predicted octanol–water partition coefficient (Wildman–Crippen LogP) is 2.42. The molecular weight excluding hydrogens is 290 g/mol. The van der Waals surface area contributed by atoms with Crippen molar-refractivity contribution in [2.75, 3.05) is 31.5 Å². The summed E-state index contributed by atoms with van der Waals surface area (Å²) in [4.78, 5) is 26.1. The third-order valence-electron chi connectivity index (χ3n) is 3.88. The molecule has 5 heteroatoms. The van der Waals surface area contributed by atoms with Crippen molar-refractivity contribution in [2.24, 2.45) is 0 Å². The van der Waals surface area contributed by atoms with E-state index >= 15 is 0 Å². The first-order valence-electron chi connectivity index (χ1n) is 8.21. The average Bonchev–Trinajstić information content (AvgIpc) is 2.84. The third-order valence-corrected chi connectivity index (χ3v) is 3.88. The highest BCUT2D eigenvalue weighted by atomic mass is 16.2. The second-order valence-electron chi connectivity index (χ2n) is 5.75. The van der Waals surface area contributed by atoms with Gasteiger partial charge in [-0.2, -0.15) is 0 Å². The molecule has 2 rings (SSSR count). The third kappa shape index (κ3) is 5.53. The van der Waals surface area contributed by atoms with E-state index in [0.717, 1.165) is 25.9 Å². The largest absolute Gasteiger partial charge is 0.339 e. The zero-order valence-corrected chi connectivity index (χ0v) is 13.5. The monoisotopic (exact) mass is 315 g/mol. The second-order valence-corrected chi connectivity index (χ2v) is 5.75. The summed E-state index contributed by atoms with van der Waals surface area (Å²) < 4.78 is 0. The molecule has 23 heavy (non-hydrogen) atoms. The van der Waals surface area contributed by atoms with Gasteiger partial charge in [0, 0.05) is 30.9 Å². The summed E-state index contributed by atoms with van der Waals surface area (Å²) in [6.07, 6.45) is 6.27. The Morgan fingerprint density at radius 2 is 1.74 bits per heavy atom. The zero-order chi connectivity index (χ0) is 16.5. The molecule has 0 aromatic heterocycles. The maximum atomic E-state index is 12.5. The van der Waals surface area contributed by atoms with Gasteiger partial charge in [0.25, 0.3) is 5.91 Å². The second kappa shape index (κ2) is 9.10. The van der Waals surface area contributed by atoms with Gasteiger partial charge >= 0.3 is 0 Å². The molecule has 1 aromatic rings. The van der Waals surface area contributed by atoms with Crippen molar-refractivity contribution in [3.63, 3.8) is 0 Å². The molecule has 1 saturated heterocycles. The highest BCUT2D eigenvalue weighted by Crippen LogP contribution is 2.15. The summed E-state index contributed by atoms with van der Waals surface area (Å²) in [6, 6.07) is 7.10. The van der Waals surface area contributed by atoms with E-state index in [1.54, 1.807) is 30.3 Å². The summed E-state index contributed by atoms with van der Waals surface area (Å²) in [5, 5.41) is 5.74. The fourth-order valence-electron chi connectivity index (χ4n) is 2.65. The van der Waals surface area contributed by atoms with Gasteiger partial charge in [-0.25, -0.2) is 0 Å². The number of nitrogens with zero attached hydrogens (tertiary/aromatic N) is 1. The fraction of sp³-hybridized carbons (Fsp3) is 0.444. The topological polar surface area (TPSA) is 61.4 Å². The first-order chi connectivity index (χ1) is 11.2. The highest BCUT2D eigenvalue weighted by Gasteiger charge is 2.17. The smallest absolute Gasteiger partial charge is 0.253 e. The van der Waals surface area contributed by atoms with E-state index in [9.17, 15) is 9.59 Å². The molecule has 0 atom stereocenters. The van der Waals surface area contributed by atoms with Crippen LogP contribution in [0.25, 0.3) is 0 Å². The molecule has 124 valence electrons. The van der Waals surface area contributed by atoms with E-state index in [1.165, 1.54) is 12.8 Å². The van der Waals surface area contributed by atoms with Crippen molar-refractivity contribution in [1.29, 1.82) is 0 Å². The first-order valence-corrected chi connectivity index (χ1v) is 8.21. The maximum Gasteiger partial charge on any atom is 0.253 e. The molecule has 1 aliphatic heterocycles. The Morgan fingerprint density at radius 3 is 2.35 bits per heavy atom. The minimum absolute atomic E-state index is 0.0810. The van der Waals surface area contributed by atoms with E-state index in [-0.39, 0.29) is 18.4 Å². The Kier molecular flexibility index (Phi) is 6.81. The van der Waals surface area contributed by atoms with Crippen LogP contribution in [0.15, 0.2) is 36.9 Å². The number of carbonyl (C=O) groups is 2. The Morgan fingerprint density at radius 1 is 1.09 bits per heavy atom. The van der Waals surface area contributed by atoms with E-state index in [2.05, 4.69) is 17.2 Å². The number of likely N-dealkylation sites (tertiary alicyclic amines) is 1. The van der Waals surface area contributed by atoms with Crippen molar-refractivity contribution >= 4 is 17.5 Å². The number of anilines is 1. The van der Waals surface area contributed by atoms with Gasteiger partial charge in [-0.05, 0) is 37.1 Å². The van der Waals surface area contributed by atoms with Crippen molar-refractivity contribution < 1.29 is 9.59 Å². The first kappa shape index (κ1) is 17.2. The van der Waals surface area contributed by atoms with Crippen molar-refractivity contribution in [1.82, 2.24) is 10.2 Å². The molecule has 0 aliphatic carbocycles. The Bertz CT molecular complexity index is 532. The molecule has 2 amide bonds. The number of carbonyl (C=O) groups excluding carboxylic acids is 2. The summed E-state index contributed by atoms with van der Waals surface area (Å²) in [6.45, 7) is 6.09. The summed E-state index contributed by atoms with van der Waals surface area (Å²) in [5.74, 6) is -0.0316. The molecule has 0 spiro atoms. The van der Waals surface area contributed by atoms with Crippen LogP contribution in [0.4, 0.5) is 5.69 Å². The van der Waals surface area contributed by atoms with E-state index in [4.69, 9.17) is 0 Å². The quantitative estimate of drug-likeness (QED) is 0.626. The van der Waals surface area contributed by atoms with E-state index in [0.29, 0.717) is 17.8 Å². The highest BCUT2D eigenvalue weighted by molar-refractivity contribution is 5.96. The van der Waals surface area contributed by atoms with Gasteiger partial charge < -0.3 is 15.5 Å². The van der Waals surface area contributed by atoms with Crippen LogP contribution in [-0.4, -0.2) is 42.9 Å². The van der Waals surface area contributed by atoms with Crippen LogP contribution in [-0.2, 0) is 4.79 Å². The van der Waals surface area contributed by atoms with Crippen molar-refractivity contribution in [2.45, 2.75) is 25.7 Å². The SMILES string of the molecule is C=CCNCC(=O)Nc1ccc(C(=O)N2CCCCCC2)cc1. The molecule has 1 aromatic carbocycles. The van der Waals surface area contributed by atoms with E-state index < -0.39 is 0 Å². The number of hydrogen-bond acceptors (Lipinski definition) is 3. The standard InChI is InChI=1S/C18H25N3O2/c1-2-11-19-14-17(22)20-16-9-7-15(8-10-16)18(23)21-12-5-3-4-6-13-21/h2,7-10,19H,1,3-6,11-14H2,(H,20,22). The van der Waals surface area contributed by atoms with Gasteiger partial charge in [0.2, 0.25) is 5.91 Å². The van der Waals surface area contributed by atoms with Gasteiger partial charge in [-0.3, -0.25) is 9.59 Å². The summed E-state index contributed by atoms with van der Waals surface area (Å²) >= 11 is 0. The summed E-state index contributed by atoms with van der Waals surface area (Å²) in [7, 11) is 0. The van der Waals surface area contributed by atoms with Crippen LogP contribution >= 0.6 is 0 Å². The van der Waals surface area contributed by atoms with Crippen LogP contribution in [0.3, 0.4) is 0 Å². The van der Waals surface area contributed by atoms with Crippen LogP contribution in [0.5, 0.6) is 0 Å². The molecule has 0 saturated carbocycles. The lowest BCUT2D eigenvalue weighted by Crippen LogP contribution is -2.31. The number of rotatable bonds is 6. The number of nitrogens with one attached hydrogen (secondary N) is 2. The predicted molar refractivity (Wildman–Crippen MR) is 92.5 cm³/mol. The van der Waals surface area contributed by atoms with Crippen molar-refractivity contribution in [3.05, 3.63) is 42.5 Å². The van der Waals surface area contributed by atoms with Gasteiger partial charge in [0.1, 0.15) is 0 Å². The molecule has 0 unspecified atom stereocenters. The molecule has 1 fully saturated rings. The molecular formula is C18H25N3O2. The number of amides is 2. The number of benzene rings is 1.